The van der Waals surface area contributed by atoms with E-state index >= 15 is 0 Å². The molecule has 316 valence electrons. The number of amides is 5. The monoisotopic (exact) mass is 823 g/mol. The van der Waals surface area contributed by atoms with Gasteiger partial charge in [0.15, 0.2) is 17.1 Å². The van der Waals surface area contributed by atoms with Gasteiger partial charge in [-0.3, -0.25) is 44.3 Å². The van der Waals surface area contributed by atoms with Gasteiger partial charge in [0.2, 0.25) is 17.6 Å². The number of likely N-dealkylation sites (N-methyl/N-ethyl adjacent to an activating group) is 1. The van der Waals surface area contributed by atoms with Gasteiger partial charge in [0.05, 0.1) is 36.1 Å². The van der Waals surface area contributed by atoms with Crippen LogP contribution >= 0.6 is 0 Å². The Morgan fingerprint density at radius 2 is 1.81 bits per heavy atom. The number of hydrogen-bond acceptors (Lipinski definition) is 17. The standard InChI is InChI=1S/C29H39N5O8.C8H6N4O5/c1-28(2,3)31-11-17(35)32-15-10-16(33(4)5)13-8-12-9-14-21(34(6)7)24(38)20(27(30)41)26(40)29(14,42)25(39)18(12)23(37)19(13)22(15)36;13-6-4-11(8(14)10-6)9-3-5-1-2-7(17-5)12(15)16/h10,12,14,21,31,36-37,40,42H,8-9,11H2,1-7H3,(H2,30,41)(H,32,35);1-3H,4H2,(H,10,13,14)/b;9-3+/t12-,14-,21-,29-;/m0./s1. The number of ketones is 2. The summed E-state index contributed by atoms with van der Waals surface area (Å²) in [6.45, 7) is 5.44. The first-order valence-electron chi connectivity index (χ1n) is 18.0. The summed E-state index contributed by atoms with van der Waals surface area (Å²) in [6, 6.07) is 2.26. The van der Waals surface area contributed by atoms with E-state index in [1.54, 1.807) is 39.2 Å². The molecule has 9 N–H and O–H groups in total. The number of phenolic OH excluding ortho intramolecular Hbond substituents is 1. The summed E-state index contributed by atoms with van der Waals surface area (Å²) in [5, 5.41) is 68.2. The number of nitrogens with one attached hydrogen (secondary N) is 3. The number of nitrogens with zero attached hydrogens (tertiary/aromatic N) is 5. The van der Waals surface area contributed by atoms with Crippen LogP contribution in [0.3, 0.4) is 0 Å². The lowest BCUT2D eigenvalue weighted by molar-refractivity contribution is -0.402. The van der Waals surface area contributed by atoms with Crippen molar-refractivity contribution in [1.82, 2.24) is 20.5 Å². The average Bonchev–Trinajstić information content (AvgIpc) is 3.74. The van der Waals surface area contributed by atoms with Crippen LogP contribution in [0.1, 0.15) is 44.1 Å². The summed E-state index contributed by atoms with van der Waals surface area (Å²) in [5.74, 6) is -8.56. The number of nitrogens with two attached hydrogens (primary N) is 1. The fraction of sp³-hybridized carbons (Fsp3) is 0.432. The first kappa shape index (κ1) is 43.5. The molecule has 0 unspecified atom stereocenters. The number of aromatic hydroxyl groups is 1. The fourth-order valence-corrected chi connectivity index (χ4v) is 7.49. The molecule has 1 saturated carbocycles. The molecule has 1 saturated heterocycles. The van der Waals surface area contributed by atoms with E-state index in [2.05, 4.69) is 15.7 Å². The van der Waals surface area contributed by atoms with E-state index in [9.17, 15) is 59.3 Å². The number of imide groups is 1. The van der Waals surface area contributed by atoms with Crippen molar-refractivity contribution in [2.75, 3.05) is 51.5 Å². The molecule has 59 heavy (non-hydrogen) atoms. The molecule has 4 atom stereocenters. The van der Waals surface area contributed by atoms with E-state index in [-0.39, 0.29) is 54.1 Å². The van der Waals surface area contributed by atoms with Crippen molar-refractivity contribution in [2.45, 2.75) is 50.8 Å². The van der Waals surface area contributed by atoms with Crippen LogP contribution < -0.4 is 26.6 Å². The molecule has 4 aliphatic rings. The van der Waals surface area contributed by atoms with Crippen molar-refractivity contribution in [1.29, 1.82) is 0 Å². The number of rotatable bonds is 9. The Bertz CT molecular complexity index is 2250. The number of Topliss-reactive ketones (excluding diaryl/α,β-unsaturated/α-hetero) is 2. The van der Waals surface area contributed by atoms with Gasteiger partial charge < -0.3 is 46.1 Å². The van der Waals surface area contributed by atoms with E-state index < -0.39 is 92.4 Å². The topological polar surface area (TPSA) is 324 Å². The van der Waals surface area contributed by atoms with Crippen molar-refractivity contribution in [3.8, 4) is 5.75 Å². The van der Waals surface area contributed by atoms with Gasteiger partial charge in [-0.1, -0.05) is 0 Å². The predicted octanol–water partition coefficient (Wildman–Crippen LogP) is 0.430. The maximum absolute atomic E-state index is 14.0. The van der Waals surface area contributed by atoms with Crippen LogP contribution in [0.4, 0.5) is 22.1 Å². The maximum Gasteiger partial charge on any atom is 0.433 e. The predicted molar refractivity (Wildman–Crippen MR) is 208 cm³/mol. The van der Waals surface area contributed by atoms with Crippen LogP contribution in [-0.4, -0.2) is 135 Å². The number of fused-ring (bicyclic) bond motifs is 3. The zero-order valence-electron chi connectivity index (χ0n) is 33.1. The van der Waals surface area contributed by atoms with Crippen LogP contribution in [0.15, 0.2) is 44.6 Å². The van der Waals surface area contributed by atoms with Crippen LogP contribution in [-0.2, 0) is 30.4 Å². The Hall–Kier alpha value is -6.65. The molecule has 22 heteroatoms. The Kier molecular flexibility index (Phi) is 11.8. The number of carbonyl (C=O) groups excluding carboxylic acids is 6. The Labute approximate surface area is 336 Å². The number of phenols is 1. The summed E-state index contributed by atoms with van der Waals surface area (Å²) in [5.41, 5.74) is 2.11. The third-order valence-electron chi connectivity index (χ3n) is 10.1. The number of aliphatic hydroxyl groups is 3. The van der Waals surface area contributed by atoms with Crippen molar-refractivity contribution in [3.63, 3.8) is 0 Å². The van der Waals surface area contributed by atoms with Gasteiger partial charge in [0.25, 0.3) is 5.91 Å². The summed E-state index contributed by atoms with van der Waals surface area (Å²) < 4.78 is 4.78. The minimum Gasteiger partial charge on any atom is -0.508 e. The fourth-order valence-electron chi connectivity index (χ4n) is 7.49. The second-order valence-corrected chi connectivity index (χ2v) is 15.7. The molecular weight excluding hydrogens is 778 g/mol. The number of anilines is 2. The van der Waals surface area contributed by atoms with E-state index in [4.69, 9.17) is 10.2 Å². The summed E-state index contributed by atoms with van der Waals surface area (Å²) in [7, 11) is 6.58. The van der Waals surface area contributed by atoms with Crippen LogP contribution in [0.25, 0.3) is 5.76 Å². The van der Waals surface area contributed by atoms with Gasteiger partial charge in [-0.05, 0) is 71.3 Å². The molecule has 0 bridgehead atoms. The molecule has 1 aliphatic heterocycles. The number of nitro groups is 1. The molecule has 2 aromatic rings. The first-order chi connectivity index (χ1) is 27.4. The average molecular weight is 824 g/mol. The number of benzene rings is 1. The summed E-state index contributed by atoms with van der Waals surface area (Å²) in [4.78, 5) is 86.8. The minimum absolute atomic E-state index is 0.00158. The van der Waals surface area contributed by atoms with Crippen LogP contribution in [0, 0.1) is 22.0 Å². The lowest BCUT2D eigenvalue weighted by Crippen LogP contribution is -2.65. The number of hydrogen-bond donors (Lipinski definition) is 8. The van der Waals surface area contributed by atoms with Gasteiger partial charge in [-0.25, -0.2) is 9.80 Å². The number of carbonyl (C=O) groups is 6. The minimum atomic E-state index is -2.73. The Morgan fingerprint density at radius 1 is 1.15 bits per heavy atom. The quantitative estimate of drug-likeness (QED) is 0.0424. The lowest BCUT2D eigenvalue weighted by atomic mass is 9.57. The molecular formula is C37H45N9O13. The zero-order valence-corrected chi connectivity index (χ0v) is 33.1. The molecule has 22 nitrogen and oxygen atoms in total. The van der Waals surface area contributed by atoms with Gasteiger partial charge in [-0.15, -0.1) is 0 Å². The van der Waals surface area contributed by atoms with E-state index in [1.165, 1.54) is 11.0 Å². The third-order valence-corrected chi connectivity index (χ3v) is 10.1. The molecule has 1 aromatic heterocycles. The van der Waals surface area contributed by atoms with Crippen molar-refractivity contribution in [2.24, 2.45) is 22.7 Å². The summed E-state index contributed by atoms with van der Waals surface area (Å²) in [6.07, 6.45) is 1.23. The van der Waals surface area contributed by atoms with Gasteiger partial charge in [-0.2, -0.15) is 5.10 Å². The lowest BCUT2D eigenvalue weighted by Gasteiger charge is -2.50. The van der Waals surface area contributed by atoms with E-state index in [0.29, 0.717) is 11.3 Å². The largest absolute Gasteiger partial charge is 0.508 e. The number of primary amides is 1. The number of urea groups is 1. The normalized spacial score (nSPS) is 22.8. The first-order valence-corrected chi connectivity index (χ1v) is 18.0. The molecule has 6 rings (SSSR count). The van der Waals surface area contributed by atoms with Crippen molar-refractivity contribution >= 4 is 64.6 Å². The van der Waals surface area contributed by atoms with Gasteiger partial charge >= 0.3 is 11.9 Å². The molecule has 1 aromatic carbocycles. The smallest absolute Gasteiger partial charge is 0.433 e. The highest BCUT2D eigenvalue weighted by Crippen LogP contribution is 2.54. The van der Waals surface area contributed by atoms with Crippen molar-refractivity contribution < 1.29 is 58.5 Å². The maximum atomic E-state index is 14.0. The molecule has 2 heterocycles. The molecule has 3 aliphatic carbocycles. The molecule has 0 radical (unpaired) electrons. The second kappa shape index (κ2) is 15.9. The third kappa shape index (κ3) is 8.22. The Morgan fingerprint density at radius 3 is 2.34 bits per heavy atom. The number of hydrazone groups is 1. The van der Waals surface area contributed by atoms with E-state index in [1.807, 2.05) is 26.1 Å². The highest BCUT2D eigenvalue weighted by molar-refractivity contribution is 6.24. The molecule has 0 spiro atoms. The molecule has 5 amide bonds. The molecule has 2 fully saturated rings. The van der Waals surface area contributed by atoms with Crippen molar-refractivity contribution in [3.05, 3.63) is 62.1 Å². The van der Waals surface area contributed by atoms with E-state index in [0.717, 1.165) is 17.3 Å². The van der Waals surface area contributed by atoms with Gasteiger partial charge in [0.1, 0.15) is 34.3 Å². The highest BCUT2D eigenvalue weighted by Gasteiger charge is 2.64. The number of aliphatic hydroxyl groups excluding tert-OH is 2. The number of furan rings is 1. The van der Waals surface area contributed by atoms with Gasteiger partial charge in [0, 0.05) is 36.8 Å². The second-order valence-electron chi connectivity index (χ2n) is 15.7. The van der Waals surface area contributed by atoms with Crippen LogP contribution in [0.5, 0.6) is 5.75 Å². The highest BCUT2D eigenvalue weighted by atomic mass is 16.6. The summed E-state index contributed by atoms with van der Waals surface area (Å²) >= 11 is 0. The zero-order chi connectivity index (χ0) is 44.0. The Balaban J connectivity index is 0.000000323. The SMILES string of the molecule is CN(C)c1cc(NC(=O)CNC(C)(C)C)c(O)c2c1C[C@H]1C[C@H]3[C@H](N(C)C)C(=O)C(C(N)=O)=C(O)[C@@]3(O)C(=O)C1=C2O.O=C1CN(/N=C/c2ccc([N+](=O)[O-])o2)C(=O)N1. The van der Waals surface area contributed by atoms with Crippen LogP contribution in [0.2, 0.25) is 0 Å².